The van der Waals surface area contributed by atoms with Crippen LogP contribution in [-0.4, -0.2) is 26.1 Å². The fraction of sp³-hybridized carbons (Fsp3) is 0.611. The summed E-state index contributed by atoms with van der Waals surface area (Å²) in [5, 5.41) is 3.17. The molecule has 0 saturated carbocycles. The maximum absolute atomic E-state index is 12.1. The number of hydrogen-bond acceptors (Lipinski definition) is 3. The van der Waals surface area contributed by atoms with Crippen LogP contribution in [0.1, 0.15) is 51.9 Å². The molecule has 0 atom stereocenters. The molecule has 1 amide bonds. The molecule has 22 heavy (non-hydrogen) atoms. The number of hydrogen-bond donors (Lipinski definition) is 1. The van der Waals surface area contributed by atoms with Crippen molar-refractivity contribution in [2.75, 3.05) is 30.4 Å². The van der Waals surface area contributed by atoms with Gasteiger partial charge in [-0.1, -0.05) is 45.4 Å². The van der Waals surface area contributed by atoms with Crippen molar-refractivity contribution < 1.29 is 9.53 Å². The van der Waals surface area contributed by atoms with Crippen molar-refractivity contribution in [2.45, 2.75) is 51.9 Å². The van der Waals surface area contributed by atoms with Gasteiger partial charge in [0.2, 0.25) is 5.91 Å². The summed E-state index contributed by atoms with van der Waals surface area (Å²) in [5.74, 6) is 0.972. The van der Waals surface area contributed by atoms with E-state index in [2.05, 4.69) is 12.2 Å². The van der Waals surface area contributed by atoms with Gasteiger partial charge in [-0.3, -0.25) is 4.79 Å². The van der Waals surface area contributed by atoms with E-state index in [-0.39, 0.29) is 5.91 Å². The third kappa shape index (κ3) is 4.39. The van der Waals surface area contributed by atoms with Gasteiger partial charge in [0.1, 0.15) is 5.75 Å². The van der Waals surface area contributed by atoms with Gasteiger partial charge in [-0.2, -0.15) is 0 Å². The van der Waals surface area contributed by atoms with E-state index in [4.69, 9.17) is 4.74 Å². The molecule has 1 aromatic carbocycles. The number of benzene rings is 1. The number of rotatable bonds is 9. The van der Waals surface area contributed by atoms with Crippen LogP contribution in [0.15, 0.2) is 18.2 Å². The van der Waals surface area contributed by atoms with Crippen LogP contribution in [0, 0.1) is 0 Å². The van der Waals surface area contributed by atoms with Crippen molar-refractivity contribution in [3.05, 3.63) is 18.2 Å². The van der Waals surface area contributed by atoms with Crippen LogP contribution in [0.5, 0.6) is 5.75 Å². The Morgan fingerprint density at radius 2 is 1.86 bits per heavy atom. The maximum atomic E-state index is 12.1. The van der Waals surface area contributed by atoms with E-state index >= 15 is 0 Å². The third-order valence-corrected chi connectivity index (χ3v) is 4.21. The number of nitrogens with zero attached hydrogens (tertiary/aromatic N) is 1. The number of carbonyl (C=O) groups excluding carboxylic acids is 1. The van der Waals surface area contributed by atoms with Crippen molar-refractivity contribution >= 4 is 17.3 Å². The minimum Gasteiger partial charge on any atom is -0.497 e. The zero-order valence-electron chi connectivity index (χ0n) is 13.9. The van der Waals surface area contributed by atoms with E-state index in [0.717, 1.165) is 30.1 Å². The summed E-state index contributed by atoms with van der Waals surface area (Å²) < 4.78 is 5.24. The number of carbonyl (C=O) groups is 1. The molecule has 0 spiro atoms. The Kier molecular flexibility index (Phi) is 6.56. The van der Waals surface area contributed by atoms with Crippen molar-refractivity contribution in [2.24, 2.45) is 0 Å². The van der Waals surface area contributed by atoms with Crippen LogP contribution in [-0.2, 0) is 4.79 Å². The second kappa shape index (κ2) is 8.66. The van der Waals surface area contributed by atoms with Crippen LogP contribution >= 0.6 is 0 Å². The minimum absolute atomic E-state index is 0.156. The molecule has 1 aliphatic rings. The molecule has 0 fully saturated rings. The second-order valence-corrected chi connectivity index (χ2v) is 5.90. The SMILES string of the molecule is CCCCCCCCCN1C(=O)CNc2cc(OC)ccc21. The maximum Gasteiger partial charge on any atom is 0.246 e. The summed E-state index contributed by atoms with van der Waals surface area (Å²) in [7, 11) is 1.66. The van der Waals surface area contributed by atoms with Crippen LogP contribution in [0.3, 0.4) is 0 Å². The molecular formula is C18H28N2O2. The van der Waals surface area contributed by atoms with Crippen molar-refractivity contribution in [1.82, 2.24) is 0 Å². The topological polar surface area (TPSA) is 41.6 Å². The Morgan fingerprint density at radius 3 is 2.59 bits per heavy atom. The number of methoxy groups -OCH3 is 1. The molecule has 0 bridgehead atoms. The molecule has 122 valence electrons. The highest BCUT2D eigenvalue weighted by Gasteiger charge is 2.23. The number of nitrogens with one attached hydrogen (secondary N) is 1. The molecule has 1 N–H and O–H groups in total. The van der Waals surface area contributed by atoms with Crippen molar-refractivity contribution in [3.8, 4) is 5.75 Å². The molecule has 1 aliphatic heterocycles. The summed E-state index contributed by atoms with van der Waals surface area (Å²) in [4.78, 5) is 14.1. The first-order valence-corrected chi connectivity index (χ1v) is 8.48. The molecular weight excluding hydrogens is 276 g/mol. The monoisotopic (exact) mass is 304 g/mol. The van der Waals surface area contributed by atoms with Gasteiger partial charge in [0.25, 0.3) is 0 Å². The van der Waals surface area contributed by atoms with Gasteiger partial charge < -0.3 is 15.0 Å². The average molecular weight is 304 g/mol. The van der Waals surface area contributed by atoms with Gasteiger partial charge in [0.05, 0.1) is 25.0 Å². The van der Waals surface area contributed by atoms with Gasteiger partial charge in [0.15, 0.2) is 0 Å². The van der Waals surface area contributed by atoms with Crippen molar-refractivity contribution in [3.63, 3.8) is 0 Å². The van der Waals surface area contributed by atoms with Crippen LogP contribution in [0.25, 0.3) is 0 Å². The summed E-state index contributed by atoms with van der Waals surface area (Å²) in [6.07, 6.45) is 8.83. The fourth-order valence-corrected chi connectivity index (χ4v) is 2.89. The normalized spacial score (nSPS) is 13.7. The lowest BCUT2D eigenvalue weighted by Gasteiger charge is -2.30. The van der Waals surface area contributed by atoms with Crippen LogP contribution < -0.4 is 15.0 Å². The van der Waals surface area contributed by atoms with E-state index in [1.807, 2.05) is 23.1 Å². The Balaban J connectivity index is 1.84. The summed E-state index contributed by atoms with van der Waals surface area (Å²) >= 11 is 0. The first-order valence-electron chi connectivity index (χ1n) is 8.48. The van der Waals surface area contributed by atoms with E-state index in [1.54, 1.807) is 7.11 Å². The average Bonchev–Trinajstić information content (AvgIpc) is 2.55. The standard InChI is InChI=1S/C18H28N2O2/c1-3-4-5-6-7-8-9-12-20-17-11-10-15(22-2)13-16(17)19-14-18(20)21/h10-11,13,19H,3-9,12,14H2,1-2H3. The lowest BCUT2D eigenvalue weighted by Crippen LogP contribution is -2.40. The molecule has 0 saturated heterocycles. The number of ether oxygens (including phenoxy) is 1. The van der Waals surface area contributed by atoms with E-state index < -0.39 is 0 Å². The Labute approximate surface area is 133 Å². The summed E-state index contributed by atoms with van der Waals surface area (Å²) in [6.45, 7) is 3.42. The Bertz CT molecular complexity index is 488. The second-order valence-electron chi connectivity index (χ2n) is 5.90. The quantitative estimate of drug-likeness (QED) is 0.695. The highest BCUT2D eigenvalue weighted by atomic mass is 16.5. The molecule has 4 nitrogen and oxygen atoms in total. The van der Waals surface area contributed by atoms with Gasteiger partial charge in [-0.25, -0.2) is 0 Å². The van der Waals surface area contributed by atoms with Crippen LogP contribution in [0.4, 0.5) is 11.4 Å². The van der Waals surface area contributed by atoms with E-state index in [9.17, 15) is 4.79 Å². The lowest BCUT2D eigenvalue weighted by atomic mass is 10.1. The zero-order valence-corrected chi connectivity index (χ0v) is 13.9. The number of fused-ring (bicyclic) bond motifs is 1. The number of unbranched alkanes of at least 4 members (excludes halogenated alkanes) is 6. The van der Waals surface area contributed by atoms with Crippen molar-refractivity contribution in [1.29, 1.82) is 0 Å². The van der Waals surface area contributed by atoms with Gasteiger partial charge in [0, 0.05) is 12.6 Å². The largest absolute Gasteiger partial charge is 0.497 e. The van der Waals surface area contributed by atoms with E-state index in [0.29, 0.717) is 6.54 Å². The van der Waals surface area contributed by atoms with E-state index in [1.165, 1.54) is 38.5 Å². The smallest absolute Gasteiger partial charge is 0.246 e. The highest BCUT2D eigenvalue weighted by Crippen LogP contribution is 2.33. The number of anilines is 2. The third-order valence-electron chi connectivity index (χ3n) is 4.21. The molecule has 1 aromatic rings. The van der Waals surface area contributed by atoms with Gasteiger partial charge in [-0.15, -0.1) is 0 Å². The summed E-state index contributed by atoms with van der Waals surface area (Å²) in [6, 6.07) is 5.84. The lowest BCUT2D eigenvalue weighted by molar-refractivity contribution is -0.117. The zero-order chi connectivity index (χ0) is 15.8. The molecule has 0 unspecified atom stereocenters. The highest BCUT2D eigenvalue weighted by molar-refractivity contribution is 6.02. The molecule has 0 radical (unpaired) electrons. The number of amides is 1. The van der Waals surface area contributed by atoms with Gasteiger partial charge >= 0.3 is 0 Å². The Morgan fingerprint density at radius 1 is 1.14 bits per heavy atom. The fourth-order valence-electron chi connectivity index (χ4n) is 2.89. The summed E-state index contributed by atoms with van der Waals surface area (Å²) in [5.41, 5.74) is 1.96. The first-order chi connectivity index (χ1) is 10.8. The molecule has 1 heterocycles. The molecule has 2 rings (SSSR count). The Hall–Kier alpha value is -1.71. The predicted molar refractivity (Wildman–Crippen MR) is 91.8 cm³/mol. The predicted octanol–water partition coefficient (Wildman–Crippen LogP) is 4.20. The molecule has 0 aromatic heterocycles. The van der Waals surface area contributed by atoms with Gasteiger partial charge in [-0.05, 0) is 18.6 Å². The molecule has 0 aliphatic carbocycles. The molecule has 4 heteroatoms. The van der Waals surface area contributed by atoms with Crippen LogP contribution in [0.2, 0.25) is 0 Å². The minimum atomic E-state index is 0.156. The first kappa shape index (κ1) is 16.7.